The van der Waals surface area contributed by atoms with Crippen LogP contribution >= 0.6 is 0 Å². The Morgan fingerprint density at radius 2 is 2.00 bits per heavy atom. The first-order valence-corrected chi connectivity index (χ1v) is 4.29. The van der Waals surface area contributed by atoms with Crippen LogP contribution in [-0.2, 0) is 6.54 Å². The van der Waals surface area contributed by atoms with Crippen molar-refractivity contribution in [3.05, 3.63) is 41.8 Å². The third-order valence-corrected chi connectivity index (χ3v) is 2.07. The minimum atomic E-state index is -0.248. The number of rotatable bonds is 2. The normalized spacial score (nSPS) is 10.4. The largest absolute Gasteiger partial charge is 0.326 e. The van der Waals surface area contributed by atoms with Gasteiger partial charge in [-0.15, -0.1) is 0 Å². The van der Waals surface area contributed by atoms with Crippen molar-refractivity contribution in [1.29, 1.82) is 0 Å². The standard InChI is InChI=1S/C10H10FN3/c11-9-3-1-7(2-4-9)10-8(5-12)6-13-14-10/h1-4,6H,5,12H2,(H,13,14). The molecule has 0 atom stereocenters. The van der Waals surface area contributed by atoms with E-state index in [2.05, 4.69) is 10.2 Å². The van der Waals surface area contributed by atoms with Gasteiger partial charge in [0.15, 0.2) is 0 Å². The number of aromatic nitrogens is 2. The molecule has 2 rings (SSSR count). The molecule has 72 valence electrons. The lowest BCUT2D eigenvalue weighted by atomic mass is 10.1. The van der Waals surface area contributed by atoms with Gasteiger partial charge in [-0.05, 0) is 24.3 Å². The predicted octanol–water partition coefficient (Wildman–Crippen LogP) is 1.67. The second kappa shape index (κ2) is 3.59. The molecule has 0 saturated heterocycles. The molecule has 2 aromatic rings. The molecule has 3 nitrogen and oxygen atoms in total. The van der Waals surface area contributed by atoms with Gasteiger partial charge in [0.25, 0.3) is 0 Å². The van der Waals surface area contributed by atoms with E-state index < -0.39 is 0 Å². The smallest absolute Gasteiger partial charge is 0.123 e. The summed E-state index contributed by atoms with van der Waals surface area (Å²) >= 11 is 0. The minimum Gasteiger partial charge on any atom is -0.326 e. The topological polar surface area (TPSA) is 54.7 Å². The molecule has 0 fully saturated rings. The van der Waals surface area contributed by atoms with Crippen LogP contribution in [0.4, 0.5) is 4.39 Å². The molecule has 0 saturated carbocycles. The van der Waals surface area contributed by atoms with E-state index in [0.717, 1.165) is 16.8 Å². The number of hydrogen-bond donors (Lipinski definition) is 2. The van der Waals surface area contributed by atoms with E-state index in [1.54, 1.807) is 18.3 Å². The Hall–Kier alpha value is -1.68. The van der Waals surface area contributed by atoms with Crippen LogP contribution in [0.5, 0.6) is 0 Å². The van der Waals surface area contributed by atoms with Gasteiger partial charge in [-0.2, -0.15) is 5.10 Å². The first-order chi connectivity index (χ1) is 6.81. The van der Waals surface area contributed by atoms with E-state index >= 15 is 0 Å². The van der Waals surface area contributed by atoms with Crippen LogP contribution < -0.4 is 5.73 Å². The third-order valence-electron chi connectivity index (χ3n) is 2.07. The minimum absolute atomic E-state index is 0.248. The molecule has 0 aliphatic carbocycles. The van der Waals surface area contributed by atoms with Crippen LogP contribution in [0.1, 0.15) is 5.56 Å². The molecule has 0 spiro atoms. The third kappa shape index (κ3) is 1.52. The van der Waals surface area contributed by atoms with Crippen LogP contribution in [0.2, 0.25) is 0 Å². The van der Waals surface area contributed by atoms with Gasteiger partial charge >= 0.3 is 0 Å². The monoisotopic (exact) mass is 191 g/mol. The van der Waals surface area contributed by atoms with E-state index in [-0.39, 0.29) is 5.82 Å². The zero-order valence-corrected chi connectivity index (χ0v) is 7.50. The predicted molar refractivity (Wildman–Crippen MR) is 51.9 cm³/mol. The number of aromatic amines is 1. The average molecular weight is 191 g/mol. The van der Waals surface area contributed by atoms with E-state index in [9.17, 15) is 4.39 Å². The molecule has 0 aliphatic rings. The fourth-order valence-corrected chi connectivity index (χ4v) is 1.33. The second-order valence-corrected chi connectivity index (χ2v) is 2.98. The highest BCUT2D eigenvalue weighted by atomic mass is 19.1. The van der Waals surface area contributed by atoms with E-state index in [0.29, 0.717) is 6.54 Å². The molecule has 1 heterocycles. The average Bonchev–Trinajstić information content (AvgIpc) is 2.67. The van der Waals surface area contributed by atoms with E-state index in [1.165, 1.54) is 12.1 Å². The van der Waals surface area contributed by atoms with Crippen molar-refractivity contribution >= 4 is 0 Å². The van der Waals surface area contributed by atoms with Gasteiger partial charge in [-0.3, -0.25) is 5.10 Å². The summed E-state index contributed by atoms with van der Waals surface area (Å²) in [5, 5.41) is 6.73. The van der Waals surface area contributed by atoms with Crippen molar-refractivity contribution in [3.8, 4) is 11.3 Å². The zero-order valence-electron chi connectivity index (χ0n) is 7.50. The summed E-state index contributed by atoms with van der Waals surface area (Å²) in [5.41, 5.74) is 8.20. The van der Waals surface area contributed by atoms with Gasteiger partial charge < -0.3 is 5.73 Å². The van der Waals surface area contributed by atoms with Gasteiger partial charge in [0.1, 0.15) is 5.82 Å². The Kier molecular flexibility index (Phi) is 2.28. The Bertz CT molecular complexity index is 419. The molecule has 0 aliphatic heterocycles. The highest BCUT2D eigenvalue weighted by Crippen LogP contribution is 2.20. The van der Waals surface area contributed by atoms with Gasteiger partial charge in [-0.1, -0.05) is 0 Å². The van der Waals surface area contributed by atoms with Crippen LogP contribution in [0, 0.1) is 5.82 Å². The van der Waals surface area contributed by atoms with Gasteiger partial charge in [0.2, 0.25) is 0 Å². The van der Waals surface area contributed by atoms with Crippen molar-refractivity contribution in [2.75, 3.05) is 0 Å². The number of nitrogens with zero attached hydrogens (tertiary/aromatic N) is 1. The highest BCUT2D eigenvalue weighted by Gasteiger charge is 2.05. The van der Waals surface area contributed by atoms with Gasteiger partial charge in [-0.25, -0.2) is 4.39 Å². The Balaban J connectivity index is 2.44. The summed E-state index contributed by atoms with van der Waals surface area (Å²) < 4.78 is 12.7. The first-order valence-electron chi connectivity index (χ1n) is 4.29. The molecule has 0 radical (unpaired) electrons. The molecule has 0 amide bonds. The first kappa shape index (κ1) is 8.90. The van der Waals surface area contributed by atoms with Crippen molar-refractivity contribution in [2.45, 2.75) is 6.54 Å². The molecule has 1 aromatic heterocycles. The van der Waals surface area contributed by atoms with Crippen LogP contribution in [0.25, 0.3) is 11.3 Å². The fraction of sp³-hybridized carbons (Fsp3) is 0.100. The fourth-order valence-electron chi connectivity index (χ4n) is 1.33. The summed E-state index contributed by atoms with van der Waals surface area (Å²) in [4.78, 5) is 0. The van der Waals surface area contributed by atoms with E-state index in [1.807, 2.05) is 0 Å². The second-order valence-electron chi connectivity index (χ2n) is 2.98. The van der Waals surface area contributed by atoms with Crippen LogP contribution in [-0.4, -0.2) is 10.2 Å². The summed E-state index contributed by atoms with van der Waals surface area (Å²) in [5.74, 6) is -0.248. The summed E-state index contributed by atoms with van der Waals surface area (Å²) in [7, 11) is 0. The lowest BCUT2D eigenvalue weighted by Gasteiger charge is -2.00. The molecular formula is C10H10FN3. The maximum absolute atomic E-state index is 12.7. The zero-order chi connectivity index (χ0) is 9.97. The van der Waals surface area contributed by atoms with E-state index in [4.69, 9.17) is 5.73 Å². The van der Waals surface area contributed by atoms with Crippen LogP contribution in [0.3, 0.4) is 0 Å². The molecule has 0 bridgehead atoms. The summed E-state index contributed by atoms with van der Waals surface area (Å²) in [6, 6.07) is 6.22. The van der Waals surface area contributed by atoms with Crippen molar-refractivity contribution < 1.29 is 4.39 Å². The quantitative estimate of drug-likeness (QED) is 0.758. The highest BCUT2D eigenvalue weighted by molar-refractivity contribution is 5.62. The number of nitrogens with one attached hydrogen (secondary N) is 1. The molecule has 14 heavy (non-hydrogen) atoms. The maximum atomic E-state index is 12.7. The van der Waals surface area contributed by atoms with Crippen LogP contribution in [0.15, 0.2) is 30.5 Å². The molecule has 3 N–H and O–H groups in total. The van der Waals surface area contributed by atoms with Gasteiger partial charge in [0.05, 0.1) is 11.9 Å². The number of nitrogens with two attached hydrogens (primary N) is 1. The SMILES string of the molecule is NCc1cn[nH]c1-c1ccc(F)cc1. The lowest BCUT2D eigenvalue weighted by molar-refractivity contribution is 0.628. The number of halogens is 1. The van der Waals surface area contributed by atoms with Gasteiger partial charge in [0, 0.05) is 17.7 Å². The Morgan fingerprint density at radius 1 is 1.29 bits per heavy atom. The Morgan fingerprint density at radius 3 is 2.64 bits per heavy atom. The molecule has 1 aromatic carbocycles. The molecular weight excluding hydrogens is 181 g/mol. The Labute approximate surface area is 80.8 Å². The van der Waals surface area contributed by atoms with Crippen molar-refractivity contribution in [3.63, 3.8) is 0 Å². The maximum Gasteiger partial charge on any atom is 0.123 e. The molecule has 4 heteroatoms. The van der Waals surface area contributed by atoms with Crippen molar-refractivity contribution in [1.82, 2.24) is 10.2 Å². The summed E-state index contributed by atoms with van der Waals surface area (Å²) in [6.07, 6.45) is 1.68. The number of hydrogen-bond acceptors (Lipinski definition) is 2. The summed E-state index contributed by atoms with van der Waals surface area (Å²) in [6.45, 7) is 0.420. The number of H-pyrrole nitrogens is 1. The lowest BCUT2D eigenvalue weighted by Crippen LogP contribution is -1.96. The van der Waals surface area contributed by atoms with Crippen molar-refractivity contribution in [2.24, 2.45) is 5.73 Å². The number of benzene rings is 1. The molecule has 0 unspecified atom stereocenters.